The highest BCUT2D eigenvalue weighted by Crippen LogP contribution is 2.20. The summed E-state index contributed by atoms with van der Waals surface area (Å²) in [6, 6.07) is 9.62. The second kappa shape index (κ2) is 7.34. The number of methoxy groups -OCH3 is 2. The molecule has 0 fully saturated rings. The molecule has 2 rings (SSSR count). The maximum Gasteiger partial charge on any atom is 0.341 e. The summed E-state index contributed by atoms with van der Waals surface area (Å²) in [4.78, 5) is 28.8. The second-order valence-electron chi connectivity index (χ2n) is 6.42. The molecule has 0 aliphatic heterocycles. The molecule has 1 aromatic carbocycles. The molecule has 1 heterocycles. The standard InChI is InChI=1S/C19H22N2O4/c1-19(2,3)20-17(14(18(23)25-5)12-16(22)24-4)21-11-10-13-8-6-7-9-15(13)21/h6-12H,1-5H3. The van der Waals surface area contributed by atoms with Crippen LogP contribution in [-0.4, -0.2) is 42.1 Å². The van der Waals surface area contributed by atoms with E-state index >= 15 is 0 Å². The maximum atomic E-state index is 12.3. The largest absolute Gasteiger partial charge is 0.466 e. The fourth-order valence-electron chi connectivity index (χ4n) is 2.33. The third-order valence-electron chi connectivity index (χ3n) is 3.38. The van der Waals surface area contributed by atoms with Crippen molar-refractivity contribution in [1.29, 1.82) is 0 Å². The number of hydrogen-bond donors (Lipinski definition) is 0. The lowest BCUT2D eigenvalue weighted by Crippen LogP contribution is -2.26. The average molecular weight is 342 g/mol. The molecule has 25 heavy (non-hydrogen) atoms. The Labute approximate surface area is 146 Å². The Bertz CT molecular complexity index is 854. The van der Waals surface area contributed by atoms with Crippen LogP contribution in [0.4, 0.5) is 0 Å². The minimum atomic E-state index is -0.661. The second-order valence-corrected chi connectivity index (χ2v) is 6.42. The van der Waals surface area contributed by atoms with Crippen molar-refractivity contribution in [1.82, 2.24) is 4.57 Å². The molecule has 0 bridgehead atoms. The first kappa shape index (κ1) is 18.4. The SMILES string of the molecule is COC(=O)C=C(C(=O)OC)C(=NC(C)(C)C)n1ccc2ccccc21. The van der Waals surface area contributed by atoms with Gasteiger partial charge in [0.1, 0.15) is 11.4 Å². The average Bonchev–Trinajstić information content (AvgIpc) is 3.00. The molecule has 0 aliphatic rings. The summed E-state index contributed by atoms with van der Waals surface area (Å²) in [5, 5.41) is 0.992. The van der Waals surface area contributed by atoms with E-state index in [2.05, 4.69) is 9.73 Å². The lowest BCUT2D eigenvalue weighted by atomic mass is 10.1. The fraction of sp³-hybridized carbons (Fsp3) is 0.316. The number of carbonyl (C=O) groups excluding carboxylic acids is 2. The monoisotopic (exact) mass is 342 g/mol. The topological polar surface area (TPSA) is 69.9 Å². The molecule has 0 aliphatic carbocycles. The van der Waals surface area contributed by atoms with Crippen molar-refractivity contribution in [2.24, 2.45) is 4.99 Å². The van der Waals surface area contributed by atoms with Crippen molar-refractivity contribution in [3.63, 3.8) is 0 Å². The maximum absolute atomic E-state index is 12.3. The molecule has 0 radical (unpaired) electrons. The summed E-state index contributed by atoms with van der Waals surface area (Å²) < 4.78 is 11.3. The molecule has 0 N–H and O–H groups in total. The van der Waals surface area contributed by atoms with Crippen LogP contribution in [0.5, 0.6) is 0 Å². The number of nitrogens with zero attached hydrogens (tertiary/aromatic N) is 2. The normalized spacial score (nSPS) is 13.0. The van der Waals surface area contributed by atoms with Gasteiger partial charge in [0, 0.05) is 12.3 Å². The number of esters is 2. The number of aliphatic imine (C=N–C) groups is 1. The van der Waals surface area contributed by atoms with E-state index in [0.717, 1.165) is 17.0 Å². The summed E-state index contributed by atoms with van der Waals surface area (Å²) in [5.74, 6) is -0.990. The van der Waals surface area contributed by atoms with Crippen molar-refractivity contribution in [2.45, 2.75) is 26.3 Å². The molecule has 0 amide bonds. The third-order valence-corrected chi connectivity index (χ3v) is 3.38. The molecular formula is C19H22N2O4. The number of benzene rings is 1. The molecule has 2 aromatic rings. The van der Waals surface area contributed by atoms with E-state index < -0.39 is 17.5 Å². The Morgan fingerprint density at radius 1 is 1.08 bits per heavy atom. The van der Waals surface area contributed by atoms with Crippen LogP contribution in [-0.2, 0) is 19.1 Å². The van der Waals surface area contributed by atoms with Gasteiger partial charge in [0.25, 0.3) is 0 Å². The highest BCUT2D eigenvalue weighted by Gasteiger charge is 2.24. The number of para-hydroxylation sites is 1. The van der Waals surface area contributed by atoms with Crippen molar-refractivity contribution < 1.29 is 19.1 Å². The molecule has 0 atom stereocenters. The van der Waals surface area contributed by atoms with E-state index in [1.165, 1.54) is 14.2 Å². The predicted octanol–water partition coefficient (Wildman–Crippen LogP) is 2.96. The smallest absolute Gasteiger partial charge is 0.341 e. The number of rotatable bonds is 3. The van der Waals surface area contributed by atoms with Gasteiger partial charge in [-0.2, -0.15) is 0 Å². The van der Waals surface area contributed by atoms with E-state index in [1.807, 2.05) is 57.3 Å². The van der Waals surface area contributed by atoms with Crippen LogP contribution in [0.15, 0.2) is 53.2 Å². The number of carbonyl (C=O) groups is 2. The molecule has 6 nitrogen and oxygen atoms in total. The van der Waals surface area contributed by atoms with Gasteiger partial charge in [0.15, 0.2) is 0 Å². The quantitative estimate of drug-likeness (QED) is 0.372. The Kier molecular flexibility index (Phi) is 5.41. The number of fused-ring (bicyclic) bond motifs is 1. The minimum Gasteiger partial charge on any atom is -0.466 e. The van der Waals surface area contributed by atoms with E-state index in [-0.39, 0.29) is 5.57 Å². The van der Waals surface area contributed by atoms with Crippen LogP contribution < -0.4 is 0 Å². The van der Waals surface area contributed by atoms with E-state index in [4.69, 9.17) is 4.74 Å². The van der Waals surface area contributed by atoms with Gasteiger partial charge >= 0.3 is 11.9 Å². The van der Waals surface area contributed by atoms with Gasteiger partial charge in [-0.25, -0.2) is 9.59 Å². The zero-order chi connectivity index (χ0) is 18.6. The number of hydrogen-bond acceptors (Lipinski definition) is 5. The summed E-state index contributed by atoms with van der Waals surface area (Å²) in [5.41, 5.74) is 0.417. The van der Waals surface area contributed by atoms with Gasteiger partial charge in [0.2, 0.25) is 0 Å². The molecule has 0 saturated heterocycles. The van der Waals surface area contributed by atoms with Gasteiger partial charge < -0.3 is 14.0 Å². The van der Waals surface area contributed by atoms with Crippen molar-refractivity contribution in [3.8, 4) is 0 Å². The Morgan fingerprint density at radius 2 is 1.76 bits per heavy atom. The van der Waals surface area contributed by atoms with Gasteiger partial charge in [-0.3, -0.25) is 4.99 Å². The number of aromatic nitrogens is 1. The third kappa shape index (κ3) is 4.35. The van der Waals surface area contributed by atoms with Gasteiger partial charge in [0.05, 0.1) is 25.3 Å². The van der Waals surface area contributed by atoms with Gasteiger partial charge in [-0.05, 0) is 38.3 Å². The molecule has 6 heteroatoms. The van der Waals surface area contributed by atoms with Crippen LogP contribution in [0.25, 0.3) is 10.9 Å². The summed E-state index contributed by atoms with van der Waals surface area (Å²) in [7, 11) is 2.51. The highest BCUT2D eigenvalue weighted by molar-refractivity contribution is 6.23. The lowest BCUT2D eigenvalue weighted by molar-refractivity contribution is -0.138. The molecule has 0 saturated carbocycles. The van der Waals surface area contributed by atoms with E-state index in [9.17, 15) is 9.59 Å². The van der Waals surface area contributed by atoms with Crippen molar-refractivity contribution >= 4 is 28.7 Å². The summed E-state index contributed by atoms with van der Waals surface area (Å²) in [6.45, 7) is 5.73. The van der Waals surface area contributed by atoms with Crippen molar-refractivity contribution in [3.05, 3.63) is 48.2 Å². The lowest BCUT2D eigenvalue weighted by Gasteiger charge is -2.19. The van der Waals surface area contributed by atoms with Crippen molar-refractivity contribution in [2.75, 3.05) is 14.2 Å². The zero-order valence-corrected chi connectivity index (χ0v) is 15.1. The summed E-state index contributed by atoms with van der Waals surface area (Å²) >= 11 is 0. The molecule has 132 valence electrons. The summed E-state index contributed by atoms with van der Waals surface area (Å²) in [6.07, 6.45) is 2.91. The first-order chi connectivity index (χ1) is 11.8. The van der Waals surface area contributed by atoms with Crippen LogP contribution in [0.3, 0.4) is 0 Å². The Hall–Kier alpha value is -2.89. The number of ether oxygens (including phenoxy) is 2. The Balaban J connectivity index is 2.75. The van der Waals surface area contributed by atoms with E-state index in [1.54, 1.807) is 4.57 Å². The predicted molar refractivity (Wildman–Crippen MR) is 96.6 cm³/mol. The zero-order valence-electron chi connectivity index (χ0n) is 15.1. The van der Waals surface area contributed by atoms with E-state index in [0.29, 0.717) is 5.84 Å². The molecule has 1 aromatic heterocycles. The highest BCUT2D eigenvalue weighted by atomic mass is 16.5. The molecular weight excluding hydrogens is 320 g/mol. The minimum absolute atomic E-state index is 0.0330. The first-order valence-electron chi connectivity index (χ1n) is 7.81. The first-order valence-corrected chi connectivity index (χ1v) is 7.81. The van der Waals surface area contributed by atoms with Crippen LogP contribution >= 0.6 is 0 Å². The van der Waals surface area contributed by atoms with Crippen LogP contribution in [0, 0.1) is 0 Å². The Morgan fingerprint density at radius 3 is 2.36 bits per heavy atom. The van der Waals surface area contributed by atoms with Gasteiger partial charge in [-0.15, -0.1) is 0 Å². The molecule has 0 spiro atoms. The fourth-order valence-corrected chi connectivity index (χ4v) is 2.33. The van der Waals surface area contributed by atoms with Gasteiger partial charge in [-0.1, -0.05) is 18.2 Å². The van der Waals surface area contributed by atoms with Crippen LogP contribution in [0.1, 0.15) is 20.8 Å². The van der Waals surface area contributed by atoms with Crippen LogP contribution in [0.2, 0.25) is 0 Å². The molecule has 0 unspecified atom stereocenters.